The van der Waals surface area contributed by atoms with Crippen molar-refractivity contribution in [1.29, 1.82) is 0 Å². The summed E-state index contributed by atoms with van der Waals surface area (Å²) in [5.41, 5.74) is 0. The summed E-state index contributed by atoms with van der Waals surface area (Å²) in [4.78, 5) is 14.6. The minimum Gasteiger partial charge on any atom is -0.381 e. The van der Waals surface area contributed by atoms with Crippen LogP contribution in [0.25, 0.3) is 0 Å². The van der Waals surface area contributed by atoms with Crippen LogP contribution in [0.2, 0.25) is 0 Å². The summed E-state index contributed by atoms with van der Waals surface area (Å²) in [6, 6.07) is 0.0222. The third kappa shape index (κ3) is 5.26. The van der Waals surface area contributed by atoms with Gasteiger partial charge in [-0.05, 0) is 43.9 Å². The highest BCUT2D eigenvalue weighted by Gasteiger charge is 2.37. The van der Waals surface area contributed by atoms with Crippen LogP contribution in [0.5, 0.6) is 0 Å². The molecule has 122 valence electrons. The molecule has 4 heteroatoms. The zero-order chi connectivity index (χ0) is 15.2. The predicted molar refractivity (Wildman–Crippen MR) is 84.9 cm³/mol. The Morgan fingerprint density at radius 1 is 1.38 bits per heavy atom. The molecule has 2 rings (SSSR count). The van der Waals surface area contributed by atoms with Crippen molar-refractivity contribution in [2.45, 2.75) is 71.5 Å². The molecular weight excluding hydrogens is 264 g/mol. The Hall–Kier alpha value is -0.610. The van der Waals surface area contributed by atoms with Crippen molar-refractivity contribution >= 4 is 5.91 Å². The van der Waals surface area contributed by atoms with E-state index >= 15 is 0 Å². The number of amides is 1. The molecule has 0 bridgehead atoms. The maximum atomic E-state index is 12.5. The highest BCUT2D eigenvalue weighted by Crippen LogP contribution is 2.28. The first-order valence-corrected chi connectivity index (χ1v) is 8.76. The molecule has 1 amide bonds. The Morgan fingerprint density at radius 3 is 2.76 bits per heavy atom. The molecular formula is C17H32N2O2. The fourth-order valence-electron chi connectivity index (χ4n) is 3.04. The molecule has 1 saturated carbocycles. The van der Waals surface area contributed by atoms with Crippen LogP contribution in [0.4, 0.5) is 0 Å². The smallest absolute Gasteiger partial charge is 0.241 e. The van der Waals surface area contributed by atoms with E-state index in [9.17, 15) is 4.79 Å². The van der Waals surface area contributed by atoms with E-state index in [1.54, 1.807) is 0 Å². The summed E-state index contributed by atoms with van der Waals surface area (Å²) in [6.07, 6.45) is 6.95. The van der Waals surface area contributed by atoms with E-state index in [0.29, 0.717) is 11.8 Å². The Kier molecular flexibility index (Phi) is 6.49. The summed E-state index contributed by atoms with van der Waals surface area (Å²) < 4.78 is 5.68. The van der Waals surface area contributed by atoms with Crippen LogP contribution < -0.4 is 5.32 Å². The summed E-state index contributed by atoms with van der Waals surface area (Å²) >= 11 is 0. The van der Waals surface area contributed by atoms with Gasteiger partial charge in [0.15, 0.2) is 0 Å². The fraction of sp³-hybridized carbons (Fsp3) is 0.941. The van der Waals surface area contributed by atoms with Gasteiger partial charge in [-0.2, -0.15) is 0 Å². The average Bonchev–Trinajstić information content (AvgIpc) is 3.20. The van der Waals surface area contributed by atoms with E-state index in [2.05, 4.69) is 31.0 Å². The van der Waals surface area contributed by atoms with Gasteiger partial charge in [0.25, 0.3) is 0 Å². The number of nitrogens with one attached hydrogen (secondary N) is 1. The Morgan fingerprint density at radius 2 is 2.14 bits per heavy atom. The Balaban J connectivity index is 1.74. The number of rotatable bonds is 10. The van der Waals surface area contributed by atoms with Crippen LogP contribution in [0.15, 0.2) is 0 Å². The van der Waals surface area contributed by atoms with E-state index in [1.165, 1.54) is 12.8 Å². The van der Waals surface area contributed by atoms with E-state index in [1.807, 2.05) is 0 Å². The first kappa shape index (κ1) is 16.8. The minimum absolute atomic E-state index is 0.0222. The van der Waals surface area contributed by atoms with Gasteiger partial charge in [0.2, 0.25) is 5.91 Å². The largest absolute Gasteiger partial charge is 0.381 e. The molecule has 1 heterocycles. The van der Waals surface area contributed by atoms with Crippen molar-refractivity contribution in [1.82, 2.24) is 10.2 Å². The lowest BCUT2D eigenvalue weighted by Gasteiger charge is -2.23. The SMILES string of the molecule is CCCC1NC(CC(C)C)C(=O)N1CCCOCC1CC1. The van der Waals surface area contributed by atoms with Crippen molar-refractivity contribution < 1.29 is 9.53 Å². The Bertz CT molecular complexity index is 329. The maximum Gasteiger partial charge on any atom is 0.241 e. The molecule has 4 nitrogen and oxygen atoms in total. The molecule has 1 aliphatic heterocycles. The number of hydrogen-bond acceptors (Lipinski definition) is 3. The van der Waals surface area contributed by atoms with Crippen molar-refractivity contribution in [3.05, 3.63) is 0 Å². The van der Waals surface area contributed by atoms with Crippen molar-refractivity contribution in [3.8, 4) is 0 Å². The summed E-state index contributed by atoms with van der Waals surface area (Å²) in [5, 5.41) is 3.53. The standard InChI is InChI=1S/C17H32N2O2/c1-4-6-16-18-15(11-13(2)3)17(20)19(16)9-5-10-21-12-14-7-8-14/h13-16,18H,4-12H2,1-3H3. The van der Waals surface area contributed by atoms with Crippen LogP contribution >= 0.6 is 0 Å². The quantitative estimate of drug-likeness (QED) is 0.630. The lowest BCUT2D eigenvalue weighted by Crippen LogP contribution is -2.38. The number of carbonyl (C=O) groups excluding carboxylic acids is 1. The monoisotopic (exact) mass is 296 g/mol. The van der Waals surface area contributed by atoms with Crippen molar-refractivity contribution in [3.63, 3.8) is 0 Å². The first-order chi connectivity index (χ1) is 10.1. The lowest BCUT2D eigenvalue weighted by molar-refractivity contribution is -0.130. The molecule has 2 fully saturated rings. The molecule has 2 aliphatic rings. The first-order valence-electron chi connectivity index (χ1n) is 8.76. The molecule has 0 aromatic heterocycles. The fourth-order valence-corrected chi connectivity index (χ4v) is 3.04. The summed E-state index contributed by atoms with van der Waals surface area (Å²) in [7, 11) is 0. The van der Waals surface area contributed by atoms with Crippen LogP contribution in [-0.4, -0.2) is 42.8 Å². The van der Waals surface area contributed by atoms with Gasteiger partial charge in [0.05, 0.1) is 12.2 Å². The molecule has 0 aromatic carbocycles. The average molecular weight is 296 g/mol. The third-order valence-electron chi connectivity index (χ3n) is 4.36. The van der Waals surface area contributed by atoms with Gasteiger partial charge in [-0.15, -0.1) is 0 Å². The molecule has 2 unspecified atom stereocenters. The van der Waals surface area contributed by atoms with E-state index < -0.39 is 0 Å². The van der Waals surface area contributed by atoms with Crippen LogP contribution in [0, 0.1) is 11.8 Å². The number of ether oxygens (including phenoxy) is 1. The van der Waals surface area contributed by atoms with Crippen LogP contribution in [0.3, 0.4) is 0 Å². The molecule has 0 aromatic rings. The van der Waals surface area contributed by atoms with Gasteiger partial charge in [-0.25, -0.2) is 0 Å². The van der Waals surface area contributed by atoms with Crippen molar-refractivity contribution in [2.24, 2.45) is 11.8 Å². The van der Waals surface area contributed by atoms with Gasteiger partial charge in [0, 0.05) is 19.8 Å². The van der Waals surface area contributed by atoms with Gasteiger partial charge in [0.1, 0.15) is 0 Å². The van der Waals surface area contributed by atoms with Gasteiger partial charge in [-0.3, -0.25) is 10.1 Å². The zero-order valence-electron chi connectivity index (χ0n) is 13.9. The Labute approximate surface area is 129 Å². The molecule has 1 saturated heterocycles. The van der Waals surface area contributed by atoms with Crippen LogP contribution in [-0.2, 0) is 9.53 Å². The maximum absolute atomic E-state index is 12.5. The topological polar surface area (TPSA) is 41.6 Å². The zero-order valence-corrected chi connectivity index (χ0v) is 13.9. The highest BCUT2D eigenvalue weighted by molar-refractivity contribution is 5.84. The molecule has 0 spiro atoms. The number of carbonyl (C=O) groups is 1. The van der Waals surface area contributed by atoms with E-state index in [0.717, 1.165) is 51.4 Å². The van der Waals surface area contributed by atoms with E-state index in [-0.39, 0.29) is 12.2 Å². The third-order valence-corrected chi connectivity index (χ3v) is 4.36. The van der Waals surface area contributed by atoms with Crippen molar-refractivity contribution in [2.75, 3.05) is 19.8 Å². The summed E-state index contributed by atoms with van der Waals surface area (Å²) in [5.74, 6) is 1.67. The lowest BCUT2D eigenvalue weighted by atomic mass is 10.0. The molecule has 1 N–H and O–H groups in total. The van der Waals surface area contributed by atoms with Gasteiger partial charge >= 0.3 is 0 Å². The highest BCUT2D eigenvalue weighted by atomic mass is 16.5. The minimum atomic E-state index is 0.0222. The summed E-state index contributed by atoms with van der Waals surface area (Å²) in [6.45, 7) is 9.07. The molecule has 1 aliphatic carbocycles. The normalized spacial score (nSPS) is 26.1. The van der Waals surface area contributed by atoms with Crippen LogP contribution in [0.1, 0.15) is 59.3 Å². The molecule has 0 radical (unpaired) electrons. The second-order valence-electron chi connectivity index (χ2n) is 7.06. The number of nitrogens with zero attached hydrogens (tertiary/aromatic N) is 1. The number of hydrogen-bond donors (Lipinski definition) is 1. The second-order valence-corrected chi connectivity index (χ2v) is 7.06. The molecule has 2 atom stereocenters. The van der Waals surface area contributed by atoms with Gasteiger partial charge < -0.3 is 9.64 Å². The van der Waals surface area contributed by atoms with E-state index in [4.69, 9.17) is 4.74 Å². The molecule has 21 heavy (non-hydrogen) atoms. The predicted octanol–water partition coefficient (Wildman–Crippen LogP) is 2.78. The van der Waals surface area contributed by atoms with Gasteiger partial charge in [-0.1, -0.05) is 27.2 Å². The second kappa shape index (κ2) is 8.14.